The van der Waals surface area contributed by atoms with Gasteiger partial charge in [0.25, 0.3) is 11.8 Å². The highest BCUT2D eigenvalue weighted by Crippen LogP contribution is 2.38. The van der Waals surface area contributed by atoms with Gasteiger partial charge < -0.3 is 18.9 Å². The van der Waals surface area contributed by atoms with Gasteiger partial charge in [-0.05, 0) is 71.8 Å². The SMILES string of the molecule is CC[C@@H](C)Oc1c(I)cc(/C=C2\C(=O)NC(=O)N(c3ccc4c(c3)OCO4)C2=O)cc1OC. The van der Waals surface area contributed by atoms with Crippen molar-refractivity contribution in [1.29, 1.82) is 0 Å². The zero-order valence-corrected chi connectivity index (χ0v) is 20.3. The predicted octanol–water partition coefficient (Wildman–Crippen LogP) is 3.87. The number of hydrogen-bond donors (Lipinski definition) is 1. The number of carbonyl (C=O) groups is 3. The van der Waals surface area contributed by atoms with Gasteiger partial charge in [-0.3, -0.25) is 14.9 Å². The summed E-state index contributed by atoms with van der Waals surface area (Å²) in [5.74, 6) is 0.448. The van der Waals surface area contributed by atoms with Crippen molar-refractivity contribution >= 4 is 52.2 Å². The fourth-order valence-electron chi connectivity index (χ4n) is 3.30. The molecule has 0 bridgehead atoms. The summed E-state index contributed by atoms with van der Waals surface area (Å²) in [6, 6.07) is 7.27. The maximum absolute atomic E-state index is 13.2. The van der Waals surface area contributed by atoms with E-state index in [9.17, 15) is 14.4 Å². The van der Waals surface area contributed by atoms with Crippen LogP contribution >= 0.6 is 22.6 Å². The summed E-state index contributed by atoms with van der Waals surface area (Å²) >= 11 is 2.11. The van der Waals surface area contributed by atoms with Crippen LogP contribution in [0, 0.1) is 3.57 Å². The molecule has 1 fully saturated rings. The Morgan fingerprint density at radius 1 is 1.18 bits per heavy atom. The Hall–Kier alpha value is -3.28. The lowest BCUT2D eigenvalue weighted by Gasteiger charge is -2.26. The number of carbonyl (C=O) groups excluding carboxylic acids is 3. The molecule has 9 nitrogen and oxygen atoms in total. The van der Waals surface area contributed by atoms with Crippen molar-refractivity contribution in [1.82, 2.24) is 5.32 Å². The fraction of sp³-hybridized carbons (Fsp3) is 0.261. The smallest absolute Gasteiger partial charge is 0.335 e. The van der Waals surface area contributed by atoms with E-state index in [0.29, 0.717) is 28.6 Å². The number of urea groups is 1. The Balaban J connectivity index is 1.70. The van der Waals surface area contributed by atoms with Gasteiger partial charge in [0.2, 0.25) is 6.79 Å². The number of methoxy groups -OCH3 is 1. The van der Waals surface area contributed by atoms with Crippen LogP contribution in [0.15, 0.2) is 35.9 Å². The third-order valence-electron chi connectivity index (χ3n) is 5.17. The Morgan fingerprint density at radius 2 is 1.94 bits per heavy atom. The molecular formula is C23H21IN2O7. The van der Waals surface area contributed by atoms with E-state index in [1.807, 2.05) is 13.8 Å². The van der Waals surface area contributed by atoms with Crippen LogP contribution in [0.25, 0.3) is 6.08 Å². The molecule has 4 rings (SSSR count). The first-order chi connectivity index (χ1) is 15.8. The van der Waals surface area contributed by atoms with Crippen LogP contribution in [-0.4, -0.2) is 37.9 Å². The number of benzene rings is 2. The number of rotatable bonds is 6. The molecule has 0 spiro atoms. The Kier molecular flexibility index (Phi) is 6.45. The molecule has 0 aromatic heterocycles. The molecule has 2 aromatic rings. The summed E-state index contributed by atoms with van der Waals surface area (Å²) in [4.78, 5) is 39.1. The third kappa shape index (κ3) is 4.47. The van der Waals surface area contributed by atoms with Crippen molar-refractivity contribution in [2.45, 2.75) is 26.4 Å². The fourth-order valence-corrected chi connectivity index (χ4v) is 4.06. The van der Waals surface area contributed by atoms with E-state index in [1.54, 1.807) is 24.3 Å². The lowest BCUT2D eigenvalue weighted by molar-refractivity contribution is -0.122. The quantitative estimate of drug-likeness (QED) is 0.323. The number of imide groups is 2. The largest absolute Gasteiger partial charge is 0.493 e. The number of amides is 4. The van der Waals surface area contributed by atoms with E-state index in [-0.39, 0.29) is 24.2 Å². The summed E-state index contributed by atoms with van der Waals surface area (Å²) in [6.07, 6.45) is 2.23. The first-order valence-corrected chi connectivity index (χ1v) is 11.3. The third-order valence-corrected chi connectivity index (χ3v) is 5.97. The molecule has 172 valence electrons. The average Bonchev–Trinajstić information content (AvgIpc) is 3.26. The molecule has 4 amide bonds. The van der Waals surface area contributed by atoms with E-state index in [0.717, 1.165) is 14.9 Å². The normalized spacial score (nSPS) is 17.3. The molecule has 0 radical (unpaired) electrons. The molecule has 0 aliphatic carbocycles. The molecule has 10 heteroatoms. The molecule has 2 aromatic carbocycles. The van der Waals surface area contributed by atoms with E-state index in [2.05, 4.69) is 27.9 Å². The number of halogens is 1. The zero-order chi connectivity index (χ0) is 23.7. The minimum absolute atomic E-state index is 0.0106. The van der Waals surface area contributed by atoms with Gasteiger partial charge >= 0.3 is 6.03 Å². The Labute approximate surface area is 203 Å². The van der Waals surface area contributed by atoms with Crippen LogP contribution in [0.1, 0.15) is 25.8 Å². The summed E-state index contributed by atoms with van der Waals surface area (Å²) in [5.41, 5.74) is 0.608. The van der Waals surface area contributed by atoms with Gasteiger partial charge in [-0.1, -0.05) is 6.92 Å². The van der Waals surface area contributed by atoms with Crippen molar-refractivity contribution in [2.75, 3.05) is 18.8 Å². The highest BCUT2D eigenvalue weighted by molar-refractivity contribution is 14.1. The molecule has 0 unspecified atom stereocenters. The van der Waals surface area contributed by atoms with E-state index in [1.165, 1.54) is 19.3 Å². The molecule has 1 N–H and O–H groups in total. The van der Waals surface area contributed by atoms with Gasteiger partial charge in [-0.25, -0.2) is 9.69 Å². The zero-order valence-electron chi connectivity index (χ0n) is 18.1. The van der Waals surface area contributed by atoms with Gasteiger partial charge in [0.15, 0.2) is 23.0 Å². The molecule has 2 aliphatic heterocycles. The van der Waals surface area contributed by atoms with Crippen LogP contribution in [-0.2, 0) is 9.59 Å². The summed E-state index contributed by atoms with van der Waals surface area (Å²) < 4.78 is 22.8. The lowest BCUT2D eigenvalue weighted by atomic mass is 10.1. The van der Waals surface area contributed by atoms with Gasteiger partial charge in [0.1, 0.15) is 5.57 Å². The molecule has 1 atom stereocenters. The second-order valence-electron chi connectivity index (χ2n) is 7.37. The number of fused-ring (bicyclic) bond motifs is 1. The molecule has 1 saturated heterocycles. The first-order valence-electron chi connectivity index (χ1n) is 10.2. The van der Waals surface area contributed by atoms with Gasteiger partial charge in [0.05, 0.1) is 22.5 Å². The van der Waals surface area contributed by atoms with Crippen molar-refractivity contribution in [3.8, 4) is 23.0 Å². The summed E-state index contributed by atoms with van der Waals surface area (Å²) in [6.45, 7) is 4.03. The molecular weight excluding hydrogens is 543 g/mol. The maximum atomic E-state index is 13.2. The van der Waals surface area contributed by atoms with E-state index < -0.39 is 17.8 Å². The highest BCUT2D eigenvalue weighted by atomic mass is 127. The lowest BCUT2D eigenvalue weighted by Crippen LogP contribution is -2.54. The number of ether oxygens (including phenoxy) is 4. The number of hydrogen-bond acceptors (Lipinski definition) is 7. The maximum Gasteiger partial charge on any atom is 0.335 e. The number of barbiturate groups is 1. The van der Waals surface area contributed by atoms with Gasteiger partial charge in [-0.2, -0.15) is 0 Å². The van der Waals surface area contributed by atoms with Crippen molar-refractivity contribution in [3.05, 3.63) is 45.0 Å². The van der Waals surface area contributed by atoms with Crippen LogP contribution in [0.4, 0.5) is 10.5 Å². The standard InChI is InChI=1S/C23H21IN2O7/c1-4-12(2)33-20-16(24)8-13(9-19(20)30-3)7-15-21(27)25-23(29)26(22(15)28)14-5-6-17-18(10-14)32-11-31-17/h5-10,12H,4,11H2,1-3H3,(H,25,27,29)/b15-7+/t12-/m1/s1. The van der Waals surface area contributed by atoms with Gasteiger partial charge in [-0.15, -0.1) is 0 Å². The Morgan fingerprint density at radius 3 is 2.67 bits per heavy atom. The molecule has 33 heavy (non-hydrogen) atoms. The van der Waals surface area contributed by atoms with E-state index in [4.69, 9.17) is 18.9 Å². The number of nitrogens with zero attached hydrogens (tertiary/aromatic N) is 1. The highest BCUT2D eigenvalue weighted by Gasteiger charge is 2.37. The van der Waals surface area contributed by atoms with Crippen LogP contribution < -0.4 is 29.2 Å². The molecule has 2 aliphatic rings. The number of anilines is 1. The monoisotopic (exact) mass is 564 g/mol. The number of nitrogens with one attached hydrogen (secondary N) is 1. The second-order valence-corrected chi connectivity index (χ2v) is 8.53. The summed E-state index contributed by atoms with van der Waals surface area (Å²) in [7, 11) is 1.52. The van der Waals surface area contributed by atoms with Gasteiger partial charge in [0, 0.05) is 6.07 Å². The van der Waals surface area contributed by atoms with Crippen LogP contribution in [0.2, 0.25) is 0 Å². The molecule has 0 saturated carbocycles. The second kappa shape index (κ2) is 9.30. The van der Waals surface area contributed by atoms with Crippen LogP contribution in [0.5, 0.6) is 23.0 Å². The summed E-state index contributed by atoms with van der Waals surface area (Å²) in [5, 5.41) is 2.21. The molecule has 2 heterocycles. The first kappa shape index (κ1) is 22.9. The minimum Gasteiger partial charge on any atom is -0.493 e. The van der Waals surface area contributed by atoms with Crippen molar-refractivity contribution < 1.29 is 33.3 Å². The van der Waals surface area contributed by atoms with Crippen molar-refractivity contribution in [3.63, 3.8) is 0 Å². The Bertz CT molecular complexity index is 1180. The van der Waals surface area contributed by atoms with E-state index >= 15 is 0 Å². The topological polar surface area (TPSA) is 103 Å². The average molecular weight is 564 g/mol. The van der Waals surface area contributed by atoms with Crippen LogP contribution in [0.3, 0.4) is 0 Å². The minimum atomic E-state index is -0.842. The predicted molar refractivity (Wildman–Crippen MR) is 128 cm³/mol. The van der Waals surface area contributed by atoms with Crippen molar-refractivity contribution in [2.24, 2.45) is 0 Å².